The third kappa shape index (κ3) is 3.66. The van der Waals surface area contributed by atoms with Gasteiger partial charge in [-0.1, -0.05) is 36.4 Å². The van der Waals surface area contributed by atoms with Gasteiger partial charge in [0.25, 0.3) is 5.91 Å². The maximum atomic E-state index is 12.6. The zero-order chi connectivity index (χ0) is 17.8. The van der Waals surface area contributed by atoms with Gasteiger partial charge in [0.1, 0.15) is 5.69 Å². The highest BCUT2D eigenvalue weighted by Crippen LogP contribution is 2.14. The van der Waals surface area contributed by atoms with Gasteiger partial charge in [0.05, 0.1) is 18.2 Å². The Morgan fingerprint density at radius 2 is 1.72 bits per heavy atom. The van der Waals surface area contributed by atoms with Gasteiger partial charge in [0.15, 0.2) is 0 Å². The Hall–Kier alpha value is -3.21. The van der Waals surface area contributed by atoms with Crippen molar-refractivity contribution in [3.05, 3.63) is 77.5 Å². The summed E-state index contributed by atoms with van der Waals surface area (Å²) in [5, 5.41) is 1.00. The fourth-order valence-electron chi connectivity index (χ4n) is 2.59. The molecule has 0 bridgehead atoms. The average Bonchev–Trinajstić information content (AvgIpc) is 2.67. The van der Waals surface area contributed by atoms with Crippen molar-refractivity contribution in [1.82, 2.24) is 9.88 Å². The number of nitrogens with zero attached hydrogens (tertiary/aromatic N) is 2. The van der Waals surface area contributed by atoms with E-state index in [2.05, 4.69) is 9.72 Å². The van der Waals surface area contributed by atoms with Gasteiger partial charge in [-0.05, 0) is 29.8 Å². The van der Waals surface area contributed by atoms with Crippen molar-refractivity contribution in [2.45, 2.75) is 6.54 Å². The average molecular weight is 334 g/mol. The molecule has 0 unspecified atom stereocenters. The third-order valence-electron chi connectivity index (χ3n) is 3.96. The van der Waals surface area contributed by atoms with Crippen LogP contribution in [0.4, 0.5) is 0 Å². The molecule has 1 heterocycles. The number of rotatable bonds is 4. The topological polar surface area (TPSA) is 59.5 Å². The summed E-state index contributed by atoms with van der Waals surface area (Å²) in [6.45, 7) is 0.425. The molecule has 0 fully saturated rings. The van der Waals surface area contributed by atoms with Gasteiger partial charge >= 0.3 is 5.97 Å². The fraction of sp³-hybridized carbons (Fsp3) is 0.150. The molecular formula is C20H18N2O3. The lowest BCUT2D eigenvalue weighted by Crippen LogP contribution is -2.27. The minimum atomic E-state index is -0.378. The van der Waals surface area contributed by atoms with Crippen LogP contribution in [-0.2, 0) is 11.3 Å². The number of fused-ring (bicyclic) bond motifs is 1. The van der Waals surface area contributed by atoms with Gasteiger partial charge < -0.3 is 9.64 Å². The zero-order valence-electron chi connectivity index (χ0n) is 14.1. The molecule has 126 valence electrons. The molecule has 0 aliphatic rings. The summed E-state index contributed by atoms with van der Waals surface area (Å²) in [5.74, 6) is -0.529. The van der Waals surface area contributed by atoms with E-state index < -0.39 is 0 Å². The second-order valence-corrected chi connectivity index (χ2v) is 5.74. The molecule has 3 aromatic rings. The number of para-hydroxylation sites is 1. The normalized spacial score (nSPS) is 10.5. The van der Waals surface area contributed by atoms with Gasteiger partial charge in [-0.15, -0.1) is 0 Å². The van der Waals surface area contributed by atoms with Crippen LogP contribution < -0.4 is 0 Å². The first-order chi connectivity index (χ1) is 12.1. The lowest BCUT2D eigenvalue weighted by molar-refractivity contribution is 0.0600. The maximum Gasteiger partial charge on any atom is 0.337 e. The monoisotopic (exact) mass is 334 g/mol. The Morgan fingerprint density at radius 3 is 2.44 bits per heavy atom. The fourth-order valence-corrected chi connectivity index (χ4v) is 2.59. The predicted molar refractivity (Wildman–Crippen MR) is 95.3 cm³/mol. The van der Waals surface area contributed by atoms with E-state index in [0.717, 1.165) is 16.5 Å². The number of hydrogen-bond acceptors (Lipinski definition) is 4. The van der Waals surface area contributed by atoms with Gasteiger partial charge in [0, 0.05) is 19.0 Å². The molecule has 1 amide bonds. The quantitative estimate of drug-likeness (QED) is 0.687. The number of carbonyl (C=O) groups is 2. The first-order valence-corrected chi connectivity index (χ1v) is 7.87. The highest BCUT2D eigenvalue weighted by atomic mass is 16.5. The van der Waals surface area contributed by atoms with Crippen molar-refractivity contribution in [3.8, 4) is 0 Å². The molecule has 0 aliphatic carbocycles. The van der Waals surface area contributed by atoms with Crippen molar-refractivity contribution >= 4 is 22.8 Å². The van der Waals surface area contributed by atoms with Gasteiger partial charge in [-0.3, -0.25) is 4.79 Å². The lowest BCUT2D eigenvalue weighted by atomic mass is 10.1. The molecular weight excluding hydrogens is 316 g/mol. The first kappa shape index (κ1) is 16.6. The molecule has 0 aliphatic heterocycles. The molecule has 1 aromatic heterocycles. The number of benzene rings is 2. The highest BCUT2D eigenvalue weighted by Gasteiger charge is 2.14. The zero-order valence-corrected chi connectivity index (χ0v) is 14.1. The number of carbonyl (C=O) groups excluding carboxylic acids is 2. The van der Waals surface area contributed by atoms with E-state index in [1.807, 2.05) is 42.5 Å². The summed E-state index contributed by atoms with van der Waals surface area (Å²) in [4.78, 5) is 30.1. The number of amides is 1. The highest BCUT2D eigenvalue weighted by molar-refractivity contribution is 5.94. The van der Waals surface area contributed by atoms with Crippen LogP contribution in [-0.4, -0.2) is 35.9 Å². The van der Waals surface area contributed by atoms with E-state index in [9.17, 15) is 9.59 Å². The molecule has 5 heteroatoms. The number of ether oxygens (including phenoxy) is 1. The smallest absolute Gasteiger partial charge is 0.337 e. The maximum absolute atomic E-state index is 12.6. The van der Waals surface area contributed by atoms with E-state index in [0.29, 0.717) is 17.8 Å². The summed E-state index contributed by atoms with van der Waals surface area (Å²) in [7, 11) is 3.08. The van der Waals surface area contributed by atoms with Gasteiger partial charge in [-0.25, -0.2) is 9.78 Å². The lowest BCUT2D eigenvalue weighted by Gasteiger charge is -2.17. The van der Waals surface area contributed by atoms with Crippen molar-refractivity contribution in [2.75, 3.05) is 14.2 Å². The standard InChI is InChI=1S/C20H18N2O3/c1-22(13-14-7-9-16(10-8-14)20(24)25-2)19(23)18-12-11-15-5-3-4-6-17(15)21-18/h3-12H,13H2,1-2H3. The second-order valence-electron chi connectivity index (χ2n) is 5.74. The Morgan fingerprint density at radius 1 is 1.00 bits per heavy atom. The van der Waals surface area contributed by atoms with Crippen molar-refractivity contribution < 1.29 is 14.3 Å². The molecule has 0 saturated carbocycles. The van der Waals surface area contributed by atoms with E-state index in [1.165, 1.54) is 7.11 Å². The Bertz CT molecular complexity index is 920. The van der Waals surface area contributed by atoms with Crippen molar-refractivity contribution in [1.29, 1.82) is 0 Å². The van der Waals surface area contributed by atoms with Crippen LogP contribution in [0.25, 0.3) is 10.9 Å². The van der Waals surface area contributed by atoms with Crippen LogP contribution in [0, 0.1) is 0 Å². The van der Waals surface area contributed by atoms with Crippen molar-refractivity contribution in [3.63, 3.8) is 0 Å². The molecule has 25 heavy (non-hydrogen) atoms. The molecule has 0 atom stereocenters. The van der Waals surface area contributed by atoms with Gasteiger partial charge in [0.2, 0.25) is 0 Å². The summed E-state index contributed by atoms with van der Waals surface area (Å²) in [6.07, 6.45) is 0. The van der Waals surface area contributed by atoms with Crippen molar-refractivity contribution in [2.24, 2.45) is 0 Å². The number of methoxy groups -OCH3 is 1. The predicted octanol–water partition coefficient (Wildman–Crippen LogP) is 3.29. The summed E-state index contributed by atoms with van der Waals surface area (Å²) < 4.78 is 4.68. The number of hydrogen-bond donors (Lipinski definition) is 0. The molecule has 0 radical (unpaired) electrons. The van der Waals surface area contributed by atoms with E-state index in [4.69, 9.17) is 0 Å². The number of pyridine rings is 1. The van der Waals surface area contributed by atoms with Crippen LogP contribution in [0.3, 0.4) is 0 Å². The molecule has 0 N–H and O–H groups in total. The minimum Gasteiger partial charge on any atom is -0.465 e. The molecule has 2 aromatic carbocycles. The number of esters is 1. The van der Waals surface area contributed by atoms with Crippen LogP contribution in [0.15, 0.2) is 60.7 Å². The first-order valence-electron chi connectivity index (χ1n) is 7.87. The Balaban J connectivity index is 1.74. The van der Waals surface area contributed by atoms with Crippen LogP contribution in [0.2, 0.25) is 0 Å². The summed E-state index contributed by atoms with van der Waals surface area (Å²) in [5.41, 5.74) is 2.61. The largest absolute Gasteiger partial charge is 0.465 e. The Kier molecular flexibility index (Phi) is 4.75. The van der Waals surface area contributed by atoms with E-state index >= 15 is 0 Å². The summed E-state index contributed by atoms with van der Waals surface area (Å²) in [6, 6.07) is 18.3. The Labute approximate surface area is 145 Å². The van der Waals surface area contributed by atoms with Crippen LogP contribution in [0.1, 0.15) is 26.4 Å². The SMILES string of the molecule is COC(=O)c1ccc(CN(C)C(=O)c2ccc3ccccc3n2)cc1. The minimum absolute atomic E-state index is 0.150. The molecule has 0 saturated heterocycles. The van der Waals surface area contributed by atoms with Gasteiger partial charge in [-0.2, -0.15) is 0 Å². The summed E-state index contributed by atoms with van der Waals surface area (Å²) >= 11 is 0. The molecule has 0 spiro atoms. The van der Waals surface area contributed by atoms with E-state index in [1.54, 1.807) is 30.1 Å². The van der Waals surface area contributed by atoms with Crippen LogP contribution in [0.5, 0.6) is 0 Å². The molecule has 3 rings (SSSR count). The van der Waals surface area contributed by atoms with E-state index in [-0.39, 0.29) is 11.9 Å². The number of aromatic nitrogens is 1. The second kappa shape index (κ2) is 7.13. The van der Waals surface area contributed by atoms with Crippen LogP contribution >= 0.6 is 0 Å². The molecule has 5 nitrogen and oxygen atoms in total. The third-order valence-corrected chi connectivity index (χ3v) is 3.96.